The summed E-state index contributed by atoms with van der Waals surface area (Å²) in [6.45, 7) is 4.94. The van der Waals surface area contributed by atoms with Crippen molar-refractivity contribution in [2.75, 3.05) is 41.0 Å². The molecule has 1 aliphatic rings. The molecule has 7 nitrogen and oxygen atoms in total. The van der Waals surface area contributed by atoms with Gasteiger partial charge in [-0.25, -0.2) is 4.99 Å². The predicted molar refractivity (Wildman–Crippen MR) is 116 cm³/mol. The van der Waals surface area contributed by atoms with E-state index in [-0.39, 0.29) is 0 Å². The van der Waals surface area contributed by atoms with Gasteiger partial charge < -0.3 is 29.6 Å². The van der Waals surface area contributed by atoms with Gasteiger partial charge in [0.1, 0.15) is 0 Å². The van der Waals surface area contributed by atoms with Gasteiger partial charge >= 0.3 is 0 Å². The maximum Gasteiger partial charge on any atom is 0.203 e. The van der Waals surface area contributed by atoms with Gasteiger partial charge in [-0.05, 0) is 38.3 Å². The van der Waals surface area contributed by atoms with E-state index in [0.717, 1.165) is 37.6 Å². The minimum absolute atomic E-state index is 0.461. The molecule has 0 spiro atoms. The lowest BCUT2D eigenvalue weighted by Crippen LogP contribution is -2.38. The second-order valence-electron chi connectivity index (χ2n) is 7.10. The van der Waals surface area contributed by atoms with Gasteiger partial charge in [0, 0.05) is 25.3 Å². The fourth-order valence-corrected chi connectivity index (χ4v) is 3.55. The summed E-state index contributed by atoms with van der Waals surface area (Å²) >= 11 is 0. The fraction of sp³-hybridized carbons (Fsp3) is 0.682. The van der Waals surface area contributed by atoms with Crippen molar-refractivity contribution in [3.05, 3.63) is 17.7 Å². The Balaban J connectivity index is 1.88. The van der Waals surface area contributed by atoms with E-state index >= 15 is 0 Å². The molecular formula is C22H37N3O4. The smallest absolute Gasteiger partial charge is 0.203 e. The highest BCUT2D eigenvalue weighted by molar-refractivity contribution is 5.79. The van der Waals surface area contributed by atoms with Crippen molar-refractivity contribution in [1.29, 1.82) is 0 Å². The van der Waals surface area contributed by atoms with E-state index in [4.69, 9.17) is 18.9 Å². The molecule has 0 radical (unpaired) electrons. The Kier molecular flexibility index (Phi) is 10.5. The summed E-state index contributed by atoms with van der Waals surface area (Å²) in [4.78, 5) is 4.69. The molecule has 0 aromatic heterocycles. The van der Waals surface area contributed by atoms with Gasteiger partial charge in [0.2, 0.25) is 5.75 Å². The van der Waals surface area contributed by atoms with Crippen LogP contribution in [-0.4, -0.2) is 53.1 Å². The van der Waals surface area contributed by atoms with Crippen LogP contribution in [0.2, 0.25) is 0 Å². The molecule has 0 unspecified atom stereocenters. The van der Waals surface area contributed by atoms with Gasteiger partial charge in [0.25, 0.3) is 0 Å². The number of rotatable bonds is 11. The molecule has 1 saturated carbocycles. The van der Waals surface area contributed by atoms with Crippen LogP contribution in [0.1, 0.15) is 51.0 Å². The van der Waals surface area contributed by atoms with Crippen LogP contribution in [0.3, 0.4) is 0 Å². The lowest BCUT2D eigenvalue weighted by atomic mass is 9.98. The molecular weight excluding hydrogens is 370 g/mol. The lowest BCUT2D eigenvalue weighted by Gasteiger charge is -2.22. The molecule has 0 atom stereocenters. The third-order valence-corrected chi connectivity index (χ3v) is 5.06. The Morgan fingerprint density at radius 2 is 1.76 bits per heavy atom. The Morgan fingerprint density at radius 3 is 2.41 bits per heavy atom. The summed E-state index contributed by atoms with van der Waals surface area (Å²) in [6.07, 6.45) is 7.81. The second-order valence-corrected chi connectivity index (χ2v) is 7.10. The molecule has 0 heterocycles. The molecule has 1 aromatic carbocycles. The van der Waals surface area contributed by atoms with Crippen LogP contribution in [0.15, 0.2) is 17.1 Å². The second kappa shape index (κ2) is 13.1. The molecule has 0 bridgehead atoms. The van der Waals surface area contributed by atoms with Gasteiger partial charge in [0.15, 0.2) is 17.5 Å². The van der Waals surface area contributed by atoms with Crippen LogP contribution >= 0.6 is 0 Å². The number of hydrogen-bond donors (Lipinski definition) is 2. The van der Waals surface area contributed by atoms with Crippen molar-refractivity contribution < 1.29 is 18.9 Å². The maximum absolute atomic E-state index is 5.99. The summed E-state index contributed by atoms with van der Waals surface area (Å²) < 4.78 is 22.3. The number of guanidine groups is 1. The van der Waals surface area contributed by atoms with Crippen LogP contribution in [0.5, 0.6) is 17.2 Å². The average molecular weight is 408 g/mol. The van der Waals surface area contributed by atoms with Gasteiger partial charge in [-0.3, -0.25) is 0 Å². The van der Waals surface area contributed by atoms with Crippen LogP contribution in [0.4, 0.5) is 0 Å². The Morgan fingerprint density at radius 1 is 1.00 bits per heavy atom. The lowest BCUT2D eigenvalue weighted by molar-refractivity contribution is 0.0277. The van der Waals surface area contributed by atoms with Crippen LogP contribution in [0, 0.1) is 0 Å². The number of nitrogens with one attached hydrogen (secondary N) is 2. The number of nitrogens with zero attached hydrogens (tertiary/aromatic N) is 1. The third kappa shape index (κ3) is 7.31. The first-order valence-corrected chi connectivity index (χ1v) is 10.6. The highest BCUT2D eigenvalue weighted by Gasteiger charge is 2.16. The van der Waals surface area contributed by atoms with Crippen LogP contribution < -0.4 is 24.8 Å². The Labute approximate surface area is 175 Å². The fourth-order valence-electron chi connectivity index (χ4n) is 3.55. The van der Waals surface area contributed by atoms with E-state index in [1.807, 2.05) is 12.1 Å². The summed E-state index contributed by atoms with van der Waals surface area (Å²) in [5.41, 5.74) is 0.933. The number of methoxy groups -OCH3 is 3. The van der Waals surface area contributed by atoms with Crippen molar-refractivity contribution in [2.24, 2.45) is 4.99 Å². The normalized spacial score (nSPS) is 15.1. The first kappa shape index (κ1) is 23.1. The summed E-state index contributed by atoms with van der Waals surface area (Å²) in [7, 11) is 4.84. The van der Waals surface area contributed by atoms with Crippen molar-refractivity contribution in [1.82, 2.24) is 10.6 Å². The molecule has 1 fully saturated rings. The van der Waals surface area contributed by atoms with E-state index in [9.17, 15) is 0 Å². The molecule has 1 aliphatic carbocycles. The van der Waals surface area contributed by atoms with E-state index < -0.39 is 0 Å². The van der Waals surface area contributed by atoms with Crippen LogP contribution in [-0.2, 0) is 11.3 Å². The highest BCUT2D eigenvalue weighted by Crippen LogP contribution is 2.39. The molecule has 0 saturated heterocycles. The van der Waals surface area contributed by atoms with Crippen LogP contribution in [0.25, 0.3) is 0 Å². The SMILES string of the molecule is CCNC(=NCc1ccc(OC)c(OC)c1OC)NCCCOC1CCCCC1. The average Bonchev–Trinajstić information content (AvgIpc) is 2.76. The first-order valence-electron chi connectivity index (χ1n) is 10.6. The quantitative estimate of drug-likeness (QED) is 0.332. The molecule has 1 aromatic rings. The standard InChI is InChI=1S/C22H37N3O4/c1-5-23-22(24-14-9-15-29-18-10-7-6-8-11-18)25-16-17-12-13-19(26-2)21(28-4)20(17)27-3/h12-13,18H,5-11,14-16H2,1-4H3,(H2,23,24,25). The van der Waals surface area contributed by atoms with E-state index in [0.29, 0.717) is 29.9 Å². The molecule has 2 rings (SSSR count). The minimum Gasteiger partial charge on any atom is -0.493 e. The molecule has 0 amide bonds. The highest BCUT2D eigenvalue weighted by atomic mass is 16.5. The predicted octanol–water partition coefficient (Wildman–Crippen LogP) is 3.51. The number of benzene rings is 1. The van der Waals surface area contributed by atoms with Crippen molar-refractivity contribution in [2.45, 2.75) is 58.1 Å². The first-order chi connectivity index (χ1) is 14.2. The zero-order chi connectivity index (χ0) is 20.9. The molecule has 29 heavy (non-hydrogen) atoms. The van der Waals surface area contributed by atoms with E-state index in [1.54, 1.807) is 21.3 Å². The largest absolute Gasteiger partial charge is 0.493 e. The van der Waals surface area contributed by atoms with Crippen molar-refractivity contribution in [3.63, 3.8) is 0 Å². The van der Waals surface area contributed by atoms with Gasteiger partial charge in [-0.2, -0.15) is 0 Å². The number of ether oxygens (including phenoxy) is 4. The minimum atomic E-state index is 0.461. The number of aliphatic imine (C=N–C) groups is 1. The summed E-state index contributed by atoms with van der Waals surface area (Å²) in [5.74, 6) is 2.65. The van der Waals surface area contributed by atoms with Crippen molar-refractivity contribution in [3.8, 4) is 17.2 Å². The van der Waals surface area contributed by atoms with E-state index in [2.05, 4.69) is 22.5 Å². The molecule has 164 valence electrons. The van der Waals surface area contributed by atoms with Crippen molar-refractivity contribution >= 4 is 5.96 Å². The maximum atomic E-state index is 5.99. The van der Waals surface area contributed by atoms with Gasteiger partial charge in [0.05, 0.1) is 34.0 Å². The molecule has 2 N–H and O–H groups in total. The summed E-state index contributed by atoms with van der Waals surface area (Å²) in [6, 6.07) is 3.82. The topological polar surface area (TPSA) is 73.3 Å². The van der Waals surface area contributed by atoms with Gasteiger partial charge in [-0.15, -0.1) is 0 Å². The summed E-state index contributed by atoms with van der Waals surface area (Å²) in [5, 5.41) is 6.66. The van der Waals surface area contributed by atoms with Gasteiger partial charge in [-0.1, -0.05) is 19.3 Å². The zero-order valence-electron chi connectivity index (χ0n) is 18.4. The zero-order valence-corrected chi connectivity index (χ0v) is 18.4. The Hall–Kier alpha value is -2.15. The Bertz CT molecular complexity index is 631. The molecule has 7 heteroatoms. The third-order valence-electron chi connectivity index (χ3n) is 5.06. The monoisotopic (exact) mass is 407 g/mol. The number of hydrogen-bond acceptors (Lipinski definition) is 5. The molecule has 0 aliphatic heterocycles. The van der Waals surface area contributed by atoms with E-state index in [1.165, 1.54) is 32.1 Å².